The van der Waals surface area contributed by atoms with Crippen LogP contribution in [-0.2, 0) is 11.4 Å². The van der Waals surface area contributed by atoms with Crippen molar-refractivity contribution in [3.05, 3.63) is 17.7 Å². The number of piperidine rings is 1. The maximum absolute atomic E-state index is 14.2. The summed E-state index contributed by atoms with van der Waals surface area (Å²) >= 11 is -0.643. The van der Waals surface area contributed by atoms with Crippen LogP contribution in [-0.4, -0.2) is 48.8 Å². The van der Waals surface area contributed by atoms with E-state index in [4.69, 9.17) is 28.2 Å². The smallest absolute Gasteiger partial charge is 0.189 e. The largest absolute Gasteiger partial charge is 0.593 e. The van der Waals surface area contributed by atoms with Crippen LogP contribution in [0, 0.1) is 0 Å². The highest BCUT2D eigenvalue weighted by atomic mass is 32.2. The minimum Gasteiger partial charge on any atom is -0.593 e. The molecule has 0 radical (unpaired) electrons. The molecule has 28 heavy (non-hydrogen) atoms. The van der Waals surface area contributed by atoms with E-state index in [1.807, 2.05) is 4.90 Å². The Morgan fingerprint density at radius 1 is 1.46 bits per heavy atom. The number of anilines is 1. The third-order valence-electron chi connectivity index (χ3n) is 4.40. The Morgan fingerprint density at radius 2 is 2.21 bits per heavy atom. The molecule has 13 heteroatoms. The second kappa shape index (κ2) is 11.0. The van der Waals surface area contributed by atoms with Gasteiger partial charge in [-0.05, 0) is 43.5 Å². The summed E-state index contributed by atoms with van der Waals surface area (Å²) in [7, 11) is 0. The molecular formula is C15H28FN9OS2. The SMILES string of the molecule is NCCCN[S+]([O-])c1ccc(N2CCC(N)C(F)C2)c(/C(N)=N/NN)c1SN. The van der Waals surface area contributed by atoms with Crippen molar-refractivity contribution in [3.63, 3.8) is 0 Å². The van der Waals surface area contributed by atoms with Gasteiger partial charge in [0.05, 0.1) is 28.4 Å². The molecule has 0 spiro atoms. The predicted molar refractivity (Wildman–Crippen MR) is 112 cm³/mol. The highest BCUT2D eigenvalue weighted by Gasteiger charge is 2.31. The van der Waals surface area contributed by atoms with Gasteiger partial charge in [0.1, 0.15) is 6.17 Å². The van der Waals surface area contributed by atoms with Gasteiger partial charge in [0.2, 0.25) is 0 Å². The zero-order chi connectivity index (χ0) is 20.7. The van der Waals surface area contributed by atoms with Gasteiger partial charge in [-0.2, -0.15) is 0 Å². The lowest BCUT2D eigenvalue weighted by Gasteiger charge is -2.36. The molecule has 1 saturated heterocycles. The van der Waals surface area contributed by atoms with Gasteiger partial charge in [0.15, 0.2) is 10.7 Å². The molecule has 0 bridgehead atoms. The molecule has 2 rings (SSSR count). The maximum Gasteiger partial charge on any atom is 0.189 e. The third-order valence-corrected chi connectivity index (χ3v) is 6.40. The van der Waals surface area contributed by atoms with Gasteiger partial charge in [-0.1, -0.05) is 0 Å². The predicted octanol–water partition coefficient (Wildman–Crippen LogP) is -1.43. The van der Waals surface area contributed by atoms with Crippen LogP contribution in [0.15, 0.2) is 27.0 Å². The molecule has 0 aromatic heterocycles. The Morgan fingerprint density at radius 3 is 2.82 bits per heavy atom. The molecule has 158 valence electrons. The number of hydrogen-bond donors (Lipinski definition) is 7. The molecule has 3 unspecified atom stereocenters. The summed E-state index contributed by atoms with van der Waals surface area (Å²) in [6, 6.07) is 2.91. The molecule has 1 aromatic carbocycles. The molecule has 10 nitrogen and oxygen atoms in total. The van der Waals surface area contributed by atoms with Gasteiger partial charge < -0.3 is 26.7 Å². The Labute approximate surface area is 171 Å². The number of hydrazine groups is 1. The molecule has 1 heterocycles. The van der Waals surface area contributed by atoms with Crippen molar-refractivity contribution in [1.82, 2.24) is 10.3 Å². The van der Waals surface area contributed by atoms with E-state index in [1.54, 1.807) is 12.1 Å². The Kier molecular flexibility index (Phi) is 9.04. The number of nitrogens with two attached hydrogens (primary N) is 5. The van der Waals surface area contributed by atoms with Crippen molar-refractivity contribution in [1.29, 1.82) is 0 Å². The normalized spacial score (nSPS) is 21.6. The van der Waals surface area contributed by atoms with Crippen LogP contribution < -0.4 is 43.3 Å². The molecule has 0 saturated carbocycles. The van der Waals surface area contributed by atoms with Crippen molar-refractivity contribution in [2.24, 2.45) is 33.3 Å². The summed E-state index contributed by atoms with van der Waals surface area (Å²) in [5.74, 6) is 5.33. The first-order valence-corrected chi connectivity index (χ1v) is 10.8. The summed E-state index contributed by atoms with van der Waals surface area (Å²) in [6.45, 7) is 1.62. The number of benzene rings is 1. The van der Waals surface area contributed by atoms with Crippen LogP contribution in [0.3, 0.4) is 0 Å². The van der Waals surface area contributed by atoms with Crippen LogP contribution in [0.5, 0.6) is 0 Å². The van der Waals surface area contributed by atoms with E-state index in [0.29, 0.717) is 53.5 Å². The first-order valence-electron chi connectivity index (χ1n) is 8.77. The molecule has 1 aliphatic rings. The summed E-state index contributed by atoms with van der Waals surface area (Å²) in [5, 5.41) is 9.73. The molecule has 1 aliphatic heterocycles. The van der Waals surface area contributed by atoms with Crippen LogP contribution >= 0.6 is 11.9 Å². The Hall–Kier alpha value is -1.32. The molecule has 1 fully saturated rings. The van der Waals surface area contributed by atoms with E-state index >= 15 is 0 Å². The lowest BCUT2D eigenvalue weighted by molar-refractivity contribution is 0.251. The lowest BCUT2D eigenvalue weighted by Crippen LogP contribution is -2.49. The number of halogens is 1. The molecule has 3 atom stereocenters. The molecule has 0 amide bonds. The van der Waals surface area contributed by atoms with Gasteiger partial charge in [-0.3, -0.25) is 5.14 Å². The fraction of sp³-hybridized carbons (Fsp3) is 0.533. The van der Waals surface area contributed by atoms with Crippen LogP contribution in [0.25, 0.3) is 0 Å². The van der Waals surface area contributed by atoms with Crippen molar-refractivity contribution in [2.75, 3.05) is 31.1 Å². The van der Waals surface area contributed by atoms with Crippen molar-refractivity contribution in [3.8, 4) is 0 Å². The first kappa shape index (κ1) is 23.0. The summed E-state index contributed by atoms with van der Waals surface area (Å²) in [4.78, 5) is 2.75. The number of hydrazone groups is 1. The van der Waals surface area contributed by atoms with E-state index in [1.165, 1.54) is 0 Å². The number of hydrogen-bond acceptors (Lipinski definition) is 10. The van der Waals surface area contributed by atoms with Crippen LogP contribution in [0.1, 0.15) is 18.4 Å². The van der Waals surface area contributed by atoms with Crippen molar-refractivity contribution < 1.29 is 8.94 Å². The minimum absolute atomic E-state index is 0.0524. The summed E-state index contributed by atoms with van der Waals surface area (Å²) < 4.78 is 29.8. The van der Waals surface area contributed by atoms with E-state index < -0.39 is 23.6 Å². The molecule has 0 aliphatic carbocycles. The van der Waals surface area contributed by atoms with Gasteiger partial charge in [0, 0.05) is 24.8 Å². The molecule has 12 N–H and O–H groups in total. The topological polar surface area (TPSA) is 193 Å². The molecular weight excluding hydrogens is 405 g/mol. The fourth-order valence-corrected chi connectivity index (χ4v) is 4.77. The quantitative estimate of drug-likeness (QED) is 0.0462. The van der Waals surface area contributed by atoms with Crippen molar-refractivity contribution >= 4 is 34.8 Å². The first-order chi connectivity index (χ1) is 13.4. The van der Waals surface area contributed by atoms with Gasteiger partial charge >= 0.3 is 0 Å². The van der Waals surface area contributed by atoms with Crippen LogP contribution in [0.4, 0.5) is 10.1 Å². The number of amidine groups is 1. The monoisotopic (exact) mass is 433 g/mol. The highest BCUT2D eigenvalue weighted by molar-refractivity contribution is 7.98. The number of rotatable bonds is 9. The van der Waals surface area contributed by atoms with Gasteiger partial charge in [-0.15, -0.1) is 9.82 Å². The Balaban J connectivity index is 2.47. The highest BCUT2D eigenvalue weighted by Crippen LogP contribution is 2.35. The maximum atomic E-state index is 14.2. The van der Waals surface area contributed by atoms with Gasteiger partial charge in [0.25, 0.3) is 0 Å². The summed E-state index contributed by atoms with van der Waals surface area (Å²) in [5.41, 5.74) is 20.6. The molecule has 1 aromatic rings. The van der Waals surface area contributed by atoms with Crippen molar-refractivity contribution in [2.45, 2.75) is 34.8 Å². The van der Waals surface area contributed by atoms with E-state index in [9.17, 15) is 8.94 Å². The second-order valence-electron chi connectivity index (χ2n) is 6.25. The van der Waals surface area contributed by atoms with Gasteiger partial charge in [-0.25, -0.2) is 15.8 Å². The zero-order valence-corrected chi connectivity index (χ0v) is 17.1. The summed E-state index contributed by atoms with van der Waals surface area (Å²) in [6.07, 6.45) is -0.00577. The Bertz CT molecular complexity index is 681. The average Bonchev–Trinajstić information content (AvgIpc) is 2.69. The standard InChI is InChI=1S/C15H28FN9OS2/c16-9-8-25(7-4-10(9)18)11-2-3-12(28(26)22-6-1-5-17)14(27-21)13(11)15(19)23-24-20/h2-3,9-10,22,24H,1,4-8,17-18,20-21H2,(H2,19,23). The minimum atomic E-state index is -1.53. The van der Waals surface area contributed by atoms with E-state index in [-0.39, 0.29) is 12.4 Å². The number of nitrogens with one attached hydrogen (secondary N) is 2. The van der Waals surface area contributed by atoms with E-state index in [0.717, 1.165) is 11.9 Å². The number of nitrogens with zero attached hydrogens (tertiary/aromatic N) is 2. The van der Waals surface area contributed by atoms with E-state index in [2.05, 4.69) is 15.4 Å². The fourth-order valence-electron chi connectivity index (χ4n) is 2.94. The second-order valence-corrected chi connectivity index (χ2v) is 8.16. The zero-order valence-electron chi connectivity index (χ0n) is 15.4. The van der Waals surface area contributed by atoms with Crippen LogP contribution in [0.2, 0.25) is 0 Å². The average molecular weight is 434 g/mol. The lowest BCUT2D eigenvalue weighted by atomic mass is 10.0. The number of alkyl halides is 1. The third kappa shape index (κ3) is 5.39.